The van der Waals surface area contributed by atoms with Gasteiger partial charge in [-0.2, -0.15) is 0 Å². The first-order valence-electron chi connectivity index (χ1n) is 7.44. The lowest BCUT2D eigenvalue weighted by molar-refractivity contribution is 0.0854. The lowest BCUT2D eigenvalue weighted by Crippen LogP contribution is -2.37. The third kappa shape index (κ3) is 3.46. The minimum atomic E-state index is 0.355. The van der Waals surface area contributed by atoms with Crippen LogP contribution in [0, 0.1) is 0 Å². The highest BCUT2D eigenvalue weighted by atomic mass is 16.5. The third-order valence-electron chi connectivity index (χ3n) is 3.84. The van der Waals surface area contributed by atoms with Crippen LogP contribution in [0.15, 0.2) is 6.20 Å². The molecule has 1 fully saturated rings. The van der Waals surface area contributed by atoms with Gasteiger partial charge in [-0.05, 0) is 19.9 Å². The Bertz CT molecular complexity index is 430. The molecule has 0 amide bonds. The van der Waals surface area contributed by atoms with Crippen molar-refractivity contribution in [3.63, 3.8) is 0 Å². The summed E-state index contributed by atoms with van der Waals surface area (Å²) in [5.74, 6) is 1.27. The Kier molecular flexibility index (Phi) is 5.31. The van der Waals surface area contributed by atoms with Gasteiger partial charge in [0.2, 0.25) is 0 Å². The zero-order valence-corrected chi connectivity index (χ0v) is 13.0. The highest BCUT2D eigenvalue weighted by Crippen LogP contribution is 2.24. The normalized spacial score (nSPS) is 16.6. The standard InChI is InChI=1S/C15H26N4O/c1-11(2)15-17-10-14(13(18-15)9-16-3)19(4)12-5-7-20-8-6-12/h10-12,16H,5-9H2,1-4H3. The molecule has 0 bridgehead atoms. The molecular weight excluding hydrogens is 252 g/mol. The fourth-order valence-electron chi connectivity index (χ4n) is 2.57. The van der Waals surface area contributed by atoms with E-state index in [4.69, 9.17) is 9.72 Å². The van der Waals surface area contributed by atoms with Crippen molar-refractivity contribution < 1.29 is 4.74 Å². The molecule has 0 atom stereocenters. The number of aromatic nitrogens is 2. The summed E-state index contributed by atoms with van der Waals surface area (Å²) in [4.78, 5) is 11.6. The van der Waals surface area contributed by atoms with Gasteiger partial charge in [0.1, 0.15) is 5.82 Å². The van der Waals surface area contributed by atoms with Gasteiger partial charge >= 0.3 is 0 Å². The summed E-state index contributed by atoms with van der Waals surface area (Å²) in [6.45, 7) is 6.72. The van der Waals surface area contributed by atoms with Gasteiger partial charge in [-0.1, -0.05) is 13.8 Å². The Morgan fingerprint density at radius 3 is 2.70 bits per heavy atom. The summed E-state index contributed by atoms with van der Waals surface area (Å²) >= 11 is 0. The third-order valence-corrected chi connectivity index (χ3v) is 3.84. The zero-order valence-electron chi connectivity index (χ0n) is 13.0. The lowest BCUT2D eigenvalue weighted by Gasteiger charge is -2.33. The van der Waals surface area contributed by atoms with Gasteiger partial charge in [0.25, 0.3) is 0 Å². The van der Waals surface area contributed by atoms with Crippen molar-refractivity contribution in [2.45, 2.75) is 45.2 Å². The Balaban J connectivity index is 2.24. The average molecular weight is 278 g/mol. The average Bonchev–Trinajstić information content (AvgIpc) is 2.47. The van der Waals surface area contributed by atoms with Gasteiger partial charge in [-0.25, -0.2) is 9.97 Å². The largest absolute Gasteiger partial charge is 0.381 e. The fourth-order valence-corrected chi connectivity index (χ4v) is 2.57. The van der Waals surface area contributed by atoms with Crippen LogP contribution in [0.1, 0.15) is 44.1 Å². The van der Waals surface area contributed by atoms with Gasteiger partial charge in [-0.3, -0.25) is 0 Å². The van der Waals surface area contributed by atoms with Crippen molar-refractivity contribution in [1.82, 2.24) is 15.3 Å². The second-order valence-electron chi connectivity index (χ2n) is 5.70. The molecule has 2 heterocycles. The van der Waals surface area contributed by atoms with E-state index in [-0.39, 0.29) is 0 Å². The van der Waals surface area contributed by atoms with E-state index in [0.29, 0.717) is 12.0 Å². The van der Waals surface area contributed by atoms with Crippen molar-refractivity contribution in [3.05, 3.63) is 17.7 Å². The first-order valence-corrected chi connectivity index (χ1v) is 7.44. The molecule has 2 rings (SSSR count). The summed E-state index contributed by atoms with van der Waals surface area (Å²) in [7, 11) is 4.10. The van der Waals surface area contributed by atoms with Crippen molar-refractivity contribution in [3.8, 4) is 0 Å². The first kappa shape index (κ1) is 15.2. The molecule has 1 N–H and O–H groups in total. The van der Waals surface area contributed by atoms with Crippen molar-refractivity contribution >= 4 is 5.69 Å². The molecule has 112 valence electrons. The van der Waals surface area contributed by atoms with Crippen LogP contribution >= 0.6 is 0 Å². The quantitative estimate of drug-likeness (QED) is 0.892. The van der Waals surface area contributed by atoms with Gasteiger partial charge in [0.05, 0.1) is 17.6 Å². The molecule has 0 spiro atoms. The molecule has 1 aromatic heterocycles. The number of hydrogen-bond acceptors (Lipinski definition) is 5. The Morgan fingerprint density at radius 2 is 2.10 bits per heavy atom. The first-order chi connectivity index (χ1) is 9.63. The van der Waals surface area contributed by atoms with Crippen LogP contribution in [0.2, 0.25) is 0 Å². The van der Waals surface area contributed by atoms with E-state index in [1.807, 2.05) is 13.2 Å². The predicted molar refractivity (Wildman–Crippen MR) is 81.1 cm³/mol. The molecule has 0 aliphatic carbocycles. The van der Waals surface area contributed by atoms with Crippen LogP contribution in [-0.4, -0.2) is 43.3 Å². The van der Waals surface area contributed by atoms with Gasteiger partial charge in [0.15, 0.2) is 0 Å². The monoisotopic (exact) mass is 278 g/mol. The van der Waals surface area contributed by atoms with Crippen LogP contribution in [0.25, 0.3) is 0 Å². The van der Waals surface area contributed by atoms with E-state index >= 15 is 0 Å². The summed E-state index contributed by atoms with van der Waals surface area (Å²) in [6.07, 6.45) is 4.12. The van der Waals surface area contributed by atoms with E-state index in [0.717, 1.165) is 49.8 Å². The molecule has 1 aliphatic rings. The van der Waals surface area contributed by atoms with Crippen molar-refractivity contribution in [2.75, 3.05) is 32.2 Å². The molecule has 0 aromatic carbocycles. The molecule has 0 radical (unpaired) electrons. The van der Waals surface area contributed by atoms with Crippen molar-refractivity contribution in [1.29, 1.82) is 0 Å². The van der Waals surface area contributed by atoms with Gasteiger partial charge in [-0.15, -0.1) is 0 Å². The van der Waals surface area contributed by atoms with Crippen LogP contribution in [0.3, 0.4) is 0 Å². The van der Waals surface area contributed by atoms with E-state index < -0.39 is 0 Å². The number of nitrogens with zero attached hydrogens (tertiary/aromatic N) is 3. The van der Waals surface area contributed by atoms with Crippen LogP contribution in [0.4, 0.5) is 5.69 Å². The molecule has 0 saturated carbocycles. The van der Waals surface area contributed by atoms with Gasteiger partial charge in [0, 0.05) is 38.8 Å². The smallest absolute Gasteiger partial charge is 0.131 e. The maximum Gasteiger partial charge on any atom is 0.131 e. The summed E-state index contributed by atoms with van der Waals surface area (Å²) < 4.78 is 5.44. The SMILES string of the molecule is CNCc1nc(C(C)C)ncc1N(C)C1CCOCC1. The molecular formula is C15H26N4O. The molecule has 20 heavy (non-hydrogen) atoms. The maximum atomic E-state index is 5.44. The topological polar surface area (TPSA) is 50.3 Å². The van der Waals surface area contributed by atoms with Crippen LogP contribution in [0.5, 0.6) is 0 Å². The van der Waals surface area contributed by atoms with Crippen LogP contribution < -0.4 is 10.2 Å². The Hall–Kier alpha value is -1.20. The van der Waals surface area contributed by atoms with E-state index in [9.17, 15) is 0 Å². The number of rotatable bonds is 5. The molecule has 1 aromatic rings. The Labute approximate surface area is 121 Å². The molecule has 1 saturated heterocycles. The summed E-state index contributed by atoms with van der Waals surface area (Å²) in [6, 6.07) is 0.521. The number of hydrogen-bond donors (Lipinski definition) is 1. The molecule has 5 nitrogen and oxygen atoms in total. The lowest BCUT2D eigenvalue weighted by atomic mass is 10.1. The van der Waals surface area contributed by atoms with Gasteiger partial charge < -0.3 is 15.0 Å². The second kappa shape index (κ2) is 6.99. The number of anilines is 1. The fraction of sp³-hybridized carbons (Fsp3) is 0.733. The predicted octanol–water partition coefficient (Wildman–Crippen LogP) is 1.93. The molecule has 0 unspecified atom stereocenters. The highest BCUT2D eigenvalue weighted by Gasteiger charge is 2.22. The zero-order chi connectivity index (χ0) is 14.5. The molecule has 5 heteroatoms. The van der Waals surface area contributed by atoms with Crippen LogP contribution in [-0.2, 0) is 11.3 Å². The van der Waals surface area contributed by atoms with Crippen molar-refractivity contribution in [2.24, 2.45) is 0 Å². The summed E-state index contributed by atoms with van der Waals surface area (Å²) in [5.41, 5.74) is 2.22. The van der Waals surface area contributed by atoms with E-state index in [1.54, 1.807) is 0 Å². The second-order valence-corrected chi connectivity index (χ2v) is 5.70. The number of nitrogens with one attached hydrogen (secondary N) is 1. The highest BCUT2D eigenvalue weighted by molar-refractivity contribution is 5.49. The minimum Gasteiger partial charge on any atom is -0.381 e. The minimum absolute atomic E-state index is 0.355. The van der Waals surface area contributed by atoms with E-state index in [2.05, 4.69) is 36.1 Å². The Morgan fingerprint density at radius 1 is 1.40 bits per heavy atom. The summed E-state index contributed by atoms with van der Waals surface area (Å²) in [5, 5.41) is 3.21. The number of ether oxygens (including phenoxy) is 1. The maximum absolute atomic E-state index is 5.44. The van der Waals surface area contributed by atoms with E-state index in [1.165, 1.54) is 0 Å². The molecule has 1 aliphatic heterocycles.